The van der Waals surface area contributed by atoms with Crippen LogP contribution in [0.5, 0.6) is 0 Å². The first kappa shape index (κ1) is 13.6. The highest BCUT2D eigenvalue weighted by atomic mass is 16.2. The average molecular weight is 279 g/mol. The van der Waals surface area contributed by atoms with Crippen molar-refractivity contribution < 1.29 is 9.59 Å². The fraction of sp³-hybridized carbons (Fsp3) is 0.222. The van der Waals surface area contributed by atoms with Crippen molar-refractivity contribution in [3.05, 3.63) is 71.8 Å². The zero-order chi connectivity index (χ0) is 14.9. The van der Waals surface area contributed by atoms with Gasteiger partial charge in [0.2, 0.25) is 11.8 Å². The van der Waals surface area contributed by atoms with Gasteiger partial charge in [-0.3, -0.25) is 14.9 Å². The number of nitrogens with one attached hydrogen (secondary N) is 1. The molecule has 1 saturated heterocycles. The van der Waals surface area contributed by atoms with Gasteiger partial charge >= 0.3 is 0 Å². The number of piperidine rings is 1. The molecule has 1 atom stereocenters. The Labute approximate surface area is 124 Å². The summed E-state index contributed by atoms with van der Waals surface area (Å²) in [6.07, 6.45) is 0.492. The lowest BCUT2D eigenvalue weighted by Gasteiger charge is -2.39. The quantitative estimate of drug-likeness (QED) is 0.859. The van der Waals surface area contributed by atoms with E-state index in [1.54, 1.807) is 0 Å². The predicted molar refractivity (Wildman–Crippen MR) is 80.6 cm³/mol. The number of hydrogen-bond donors (Lipinski definition) is 1. The second-order valence-electron chi connectivity index (χ2n) is 5.56. The fourth-order valence-corrected chi connectivity index (χ4v) is 3.10. The molecule has 0 aliphatic carbocycles. The highest BCUT2D eigenvalue weighted by Gasteiger charge is 2.48. The summed E-state index contributed by atoms with van der Waals surface area (Å²) in [5.41, 5.74) is 1.05. The van der Waals surface area contributed by atoms with Gasteiger partial charge < -0.3 is 0 Å². The molecule has 0 spiro atoms. The topological polar surface area (TPSA) is 46.2 Å². The van der Waals surface area contributed by atoms with Gasteiger partial charge in [0.05, 0.1) is 0 Å². The Morgan fingerprint density at radius 2 is 1.38 bits per heavy atom. The van der Waals surface area contributed by atoms with Crippen LogP contribution in [0.4, 0.5) is 0 Å². The summed E-state index contributed by atoms with van der Waals surface area (Å²) in [7, 11) is 0. The van der Waals surface area contributed by atoms with Crippen molar-refractivity contribution in [2.24, 2.45) is 5.92 Å². The van der Waals surface area contributed by atoms with Crippen LogP contribution in [0.2, 0.25) is 0 Å². The van der Waals surface area contributed by atoms with Crippen LogP contribution in [0.1, 0.15) is 24.5 Å². The Kier molecular flexibility index (Phi) is 3.34. The molecule has 2 aromatic carbocycles. The van der Waals surface area contributed by atoms with Crippen LogP contribution in [-0.2, 0) is 15.0 Å². The minimum Gasteiger partial charge on any atom is -0.295 e. The lowest BCUT2D eigenvalue weighted by Crippen LogP contribution is -2.55. The smallest absolute Gasteiger partial charge is 0.241 e. The van der Waals surface area contributed by atoms with Crippen LogP contribution in [0.25, 0.3) is 0 Å². The Morgan fingerprint density at radius 1 is 0.905 bits per heavy atom. The third kappa shape index (κ3) is 2.15. The Balaban J connectivity index is 2.21. The molecule has 3 rings (SSSR count). The van der Waals surface area contributed by atoms with Crippen molar-refractivity contribution in [2.45, 2.75) is 18.8 Å². The van der Waals surface area contributed by atoms with Crippen LogP contribution in [-0.4, -0.2) is 11.8 Å². The zero-order valence-electron chi connectivity index (χ0n) is 11.9. The summed E-state index contributed by atoms with van der Waals surface area (Å²) in [6.45, 7) is 1.86. The number of benzene rings is 2. The normalized spacial score (nSPS) is 20.9. The van der Waals surface area contributed by atoms with E-state index in [2.05, 4.69) is 5.32 Å². The van der Waals surface area contributed by atoms with E-state index in [-0.39, 0.29) is 17.7 Å². The van der Waals surface area contributed by atoms with Crippen LogP contribution < -0.4 is 5.32 Å². The van der Waals surface area contributed by atoms with Gasteiger partial charge in [-0.2, -0.15) is 0 Å². The number of amides is 2. The third-order valence-corrected chi connectivity index (χ3v) is 4.22. The minimum atomic E-state index is -0.796. The highest BCUT2D eigenvalue weighted by Crippen LogP contribution is 2.40. The Morgan fingerprint density at radius 3 is 1.86 bits per heavy atom. The maximum absolute atomic E-state index is 12.7. The minimum absolute atomic E-state index is 0.192. The van der Waals surface area contributed by atoms with Crippen molar-refractivity contribution in [3.63, 3.8) is 0 Å². The van der Waals surface area contributed by atoms with Gasteiger partial charge in [-0.15, -0.1) is 0 Å². The number of carbonyl (C=O) groups is 2. The molecule has 1 heterocycles. The number of imide groups is 1. The van der Waals surface area contributed by atoms with E-state index in [0.717, 1.165) is 11.1 Å². The van der Waals surface area contributed by atoms with Gasteiger partial charge in [0, 0.05) is 5.92 Å². The molecule has 0 radical (unpaired) electrons. The molecule has 0 aromatic heterocycles. The van der Waals surface area contributed by atoms with Crippen molar-refractivity contribution in [1.29, 1.82) is 0 Å². The lowest BCUT2D eigenvalue weighted by atomic mass is 9.66. The monoisotopic (exact) mass is 279 g/mol. The summed E-state index contributed by atoms with van der Waals surface area (Å²) < 4.78 is 0. The number of hydrogen-bond acceptors (Lipinski definition) is 2. The molecule has 3 nitrogen and oxygen atoms in total. The maximum atomic E-state index is 12.7. The van der Waals surface area contributed by atoms with E-state index in [4.69, 9.17) is 0 Å². The molecule has 0 bridgehead atoms. The molecule has 21 heavy (non-hydrogen) atoms. The van der Waals surface area contributed by atoms with Crippen molar-refractivity contribution in [2.75, 3.05) is 0 Å². The van der Waals surface area contributed by atoms with E-state index in [1.807, 2.05) is 67.6 Å². The molecule has 1 unspecified atom stereocenters. The van der Waals surface area contributed by atoms with Gasteiger partial charge in [-0.05, 0) is 17.5 Å². The molecule has 2 aromatic rings. The van der Waals surface area contributed by atoms with Gasteiger partial charge in [-0.25, -0.2) is 0 Å². The van der Waals surface area contributed by atoms with Crippen molar-refractivity contribution in [1.82, 2.24) is 5.32 Å². The van der Waals surface area contributed by atoms with Gasteiger partial charge in [-0.1, -0.05) is 67.6 Å². The van der Waals surface area contributed by atoms with Crippen molar-refractivity contribution in [3.8, 4) is 0 Å². The summed E-state index contributed by atoms with van der Waals surface area (Å²) >= 11 is 0. The molecule has 1 fully saturated rings. The summed E-state index contributed by atoms with van der Waals surface area (Å²) in [6, 6.07) is 19.4. The first-order valence-electron chi connectivity index (χ1n) is 7.11. The average Bonchev–Trinajstić information content (AvgIpc) is 2.53. The predicted octanol–water partition coefficient (Wildman–Crippen LogP) is 2.66. The largest absolute Gasteiger partial charge is 0.295 e. The van der Waals surface area contributed by atoms with Crippen LogP contribution in [0.3, 0.4) is 0 Å². The van der Waals surface area contributed by atoms with Crippen LogP contribution in [0.15, 0.2) is 60.7 Å². The molecule has 0 saturated carbocycles. The van der Waals surface area contributed by atoms with E-state index >= 15 is 0 Å². The fourth-order valence-electron chi connectivity index (χ4n) is 3.10. The summed E-state index contributed by atoms with van der Waals surface area (Å²) in [4.78, 5) is 24.6. The van der Waals surface area contributed by atoms with Gasteiger partial charge in [0.15, 0.2) is 0 Å². The summed E-state index contributed by atoms with van der Waals surface area (Å²) in [5, 5.41) is 2.54. The third-order valence-electron chi connectivity index (χ3n) is 4.22. The highest BCUT2D eigenvalue weighted by molar-refractivity contribution is 6.06. The van der Waals surface area contributed by atoms with E-state index in [1.165, 1.54) is 0 Å². The first-order chi connectivity index (χ1) is 10.1. The molecule has 3 heteroatoms. The lowest BCUT2D eigenvalue weighted by molar-refractivity contribution is -0.139. The second-order valence-corrected chi connectivity index (χ2v) is 5.56. The SMILES string of the molecule is CC1CC(c2ccccc2)(c2ccccc2)C(=O)NC1=O. The van der Waals surface area contributed by atoms with E-state index in [9.17, 15) is 9.59 Å². The first-order valence-corrected chi connectivity index (χ1v) is 7.11. The number of carbonyl (C=O) groups excluding carboxylic acids is 2. The van der Waals surface area contributed by atoms with E-state index < -0.39 is 5.41 Å². The number of rotatable bonds is 2. The standard InChI is InChI=1S/C18H17NO2/c1-13-12-18(17(21)19-16(13)20,14-8-4-2-5-9-14)15-10-6-3-7-11-15/h2-11,13H,12H2,1H3,(H,19,20,21). The molecule has 2 amide bonds. The Hall–Kier alpha value is -2.42. The van der Waals surface area contributed by atoms with Gasteiger partial charge in [0.25, 0.3) is 0 Å². The Bertz CT molecular complexity index is 625. The molecule has 1 aliphatic heterocycles. The molecular formula is C18H17NO2. The van der Waals surface area contributed by atoms with Gasteiger partial charge in [0.1, 0.15) is 5.41 Å². The zero-order valence-corrected chi connectivity index (χ0v) is 11.9. The van der Waals surface area contributed by atoms with Crippen molar-refractivity contribution >= 4 is 11.8 Å². The second kappa shape index (κ2) is 5.17. The molecule has 1 N–H and O–H groups in total. The molecule has 1 aliphatic rings. The maximum Gasteiger partial charge on any atom is 0.241 e. The molecular weight excluding hydrogens is 262 g/mol. The van der Waals surface area contributed by atoms with E-state index in [0.29, 0.717) is 6.42 Å². The van der Waals surface area contributed by atoms with Crippen LogP contribution >= 0.6 is 0 Å². The van der Waals surface area contributed by atoms with Crippen LogP contribution in [0, 0.1) is 5.92 Å². The summed E-state index contributed by atoms with van der Waals surface area (Å²) in [5.74, 6) is -0.631. The molecule has 106 valence electrons.